The lowest BCUT2D eigenvalue weighted by Gasteiger charge is -2.30. The molecule has 1 aromatic heterocycles. The summed E-state index contributed by atoms with van der Waals surface area (Å²) in [4.78, 5) is 4.87. The van der Waals surface area contributed by atoms with Gasteiger partial charge in [0.25, 0.3) is 0 Å². The molecule has 0 saturated heterocycles. The molecule has 102 valence electrons. The molecule has 0 radical (unpaired) electrons. The van der Waals surface area contributed by atoms with E-state index in [0.717, 1.165) is 17.4 Å². The molecule has 0 spiro atoms. The van der Waals surface area contributed by atoms with Crippen molar-refractivity contribution in [3.63, 3.8) is 0 Å². The molecule has 1 aliphatic carbocycles. The second kappa shape index (κ2) is 4.99. The Labute approximate surface area is 115 Å². The summed E-state index contributed by atoms with van der Waals surface area (Å²) in [6, 6.07) is 8.47. The summed E-state index contributed by atoms with van der Waals surface area (Å²) in [5, 5.41) is 0. The Bertz CT molecular complexity index is 560. The molecule has 0 unspecified atom stereocenters. The van der Waals surface area contributed by atoms with Crippen molar-refractivity contribution in [2.75, 3.05) is 0 Å². The van der Waals surface area contributed by atoms with E-state index in [1.54, 1.807) is 0 Å². The number of benzene rings is 1. The molecule has 2 nitrogen and oxygen atoms in total. The molecular weight excluding hydrogens is 232 g/mol. The summed E-state index contributed by atoms with van der Waals surface area (Å²) in [5.74, 6) is 3.71. The number of hydrogen-bond acceptors (Lipinski definition) is 1. The Hall–Kier alpha value is -1.31. The van der Waals surface area contributed by atoms with Crippen molar-refractivity contribution >= 4 is 11.0 Å². The highest BCUT2D eigenvalue weighted by Gasteiger charge is 2.27. The molecule has 0 aliphatic heterocycles. The van der Waals surface area contributed by atoms with Crippen LogP contribution in [0.3, 0.4) is 0 Å². The SMILES string of the molecule is CC(C)C1CCC(c2nc3ccccc3n2C)CC1. The summed E-state index contributed by atoms with van der Waals surface area (Å²) >= 11 is 0. The largest absolute Gasteiger partial charge is 0.331 e. The van der Waals surface area contributed by atoms with E-state index in [-0.39, 0.29) is 0 Å². The highest BCUT2D eigenvalue weighted by Crippen LogP contribution is 2.38. The molecule has 1 aromatic carbocycles. The quantitative estimate of drug-likeness (QED) is 0.773. The predicted molar refractivity (Wildman–Crippen MR) is 80.3 cm³/mol. The zero-order valence-electron chi connectivity index (χ0n) is 12.3. The fourth-order valence-electron chi connectivity index (χ4n) is 3.57. The molecule has 0 bridgehead atoms. The minimum atomic E-state index is 0.660. The Morgan fingerprint density at radius 3 is 2.42 bits per heavy atom. The minimum Gasteiger partial charge on any atom is -0.331 e. The lowest BCUT2D eigenvalue weighted by Crippen LogP contribution is -2.19. The predicted octanol–water partition coefficient (Wildman–Crippen LogP) is 4.50. The Balaban J connectivity index is 1.84. The van der Waals surface area contributed by atoms with Gasteiger partial charge in [-0.1, -0.05) is 26.0 Å². The lowest BCUT2D eigenvalue weighted by atomic mass is 9.77. The van der Waals surface area contributed by atoms with Crippen LogP contribution in [0.25, 0.3) is 11.0 Å². The first-order valence-corrected chi connectivity index (χ1v) is 7.58. The zero-order chi connectivity index (χ0) is 13.4. The van der Waals surface area contributed by atoms with Gasteiger partial charge in [0.05, 0.1) is 11.0 Å². The Morgan fingerprint density at radius 1 is 1.11 bits per heavy atom. The maximum Gasteiger partial charge on any atom is 0.112 e. The van der Waals surface area contributed by atoms with Gasteiger partial charge in [-0.25, -0.2) is 4.98 Å². The van der Waals surface area contributed by atoms with Crippen molar-refractivity contribution in [1.29, 1.82) is 0 Å². The molecule has 0 amide bonds. The van der Waals surface area contributed by atoms with Gasteiger partial charge in [-0.2, -0.15) is 0 Å². The van der Waals surface area contributed by atoms with Gasteiger partial charge in [0, 0.05) is 13.0 Å². The van der Waals surface area contributed by atoms with Crippen LogP contribution in [0.5, 0.6) is 0 Å². The van der Waals surface area contributed by atoms with Gasteiger partial charge in [0.2, 0.25) is 0 Å². The molecule has 1 saturated carbocycles. The molecule has 2 aromatic rings. The summed E-state index contributed by atoms with van der Waals surface area (Å²) in [6.07, 6.45) is 5.34. The Morgan fingerprint density at radius 2 is 1.79 bits per heavy atom. The second-order valence-electron chi connectivity index (χ2n) is 6.37. The first-order chi connectivity index (χ1) is 9.16. The van der Waals surface area contributed by atoms with Crippen LogP contribution in [-0.4, -0.2) is 9.55 Å². The molecule has 19 heavy (non-hydrogen) atoms. The fraction of sp³-hybridized carbons (Fsp3) is 0.588. The van der Waals surface area contributed by atoms with E-state index in [9.17, 15) is 0 Å². The van der Waals surface area contributed by atoms with Gasteiger partial charge < -0.3 is 4.57 Å². The fourth-order valence-corrected chi connectivity index (χ4v) is 3.57. The van der Waals surface area contributed by atoms with Crippen LogP contribution in [0, 0.1) is 11.8 Å². The van der Waals surface area contributed by atoms with E-state index in [4.69, 9.17) is 4.98 Å². The number of imidazole rings is 1. The summed E-state index contributed by atoms with van der Waals surface area (Å²) in [7, 11) is 2.17. The molecule has 1 fully saturated rings. The second-order valence-corrected chi connectivity index (χ2v) is 6.37. The third-order valence-electron chi connectivity index (χ3n) is 4.90. The molecule has 0 atom stereocenters. The summed E-state index contributed by atoms with van der Waals surface area (Å²) < 4.78 is 2.30. The molecular formula is C17H24N2. The standard InChI is InChI=1S/C17H24N2/c1-12(2)13-8-10-14(11-9-13)17-18-15-6-4-5-7-16(15)19(17)3/h4-7,12-14H,8-11H2,1-3H3. The average molecular weight is 256 g/mol. The van der Waals surface area contributed by atoms with E-state index in [2.05, 4.69) is 49.7 Å². The van der Waals surface area contributed by atoms with E-state index >= 15 is 0 Å². The molecule has 3 rings (SSSR count). The van der Waals surface area contributed by atoms with E-state index < -0.39 is 0 Å². The monoisotopic (exact) mass is 256 g/mol. The third-order valence-corrected chi connectivity index (χ3v) is 4.90. The van der Waals surface area contributed by atoms with Crippen molar-refractivity contribution in [3.8, 4) is 0 Å². The lowest BCUT2D eigenvalue weighted by molar-refractivity contribution is 0.253. The molecule has 2 heteroatoms. The number of rotatable bonds is 2. The molecule has 1 aliphatic rings. The topological polar surface area (TPSA) is 17.8 Å². The van der Waals surface area contributed by atoms with Crippen molar-refractivity contribution in [2.24, 2.45) is 18.9 Å². The van der Waals surface area contributed by atoms with Crippen LogP contribution in [0.2, 0.25) is 0 Å². The van der Waals surface area contributed by atoms with Gasteiger partial charge >= 0.3 is 0 Å². The van der Waals surface area contributed by atoms with Crippen LogP contribution in [0.15, 0.2) is 24.3 Å². The third kappa shape index (κ3) is 2.29. The first-order valence-electron chi connectivity index (χ1n) is 7.58. The van der Waals surface area contributed by atoms with E-state index in [1.807, 2.05) is 0 Å². The van der Waals surface area contributed by atoms with Crippen LogP contribution in [-0.2, 0) is 7.05 Å². The van der Waals surface area contributed by atoms with Gasteiger partial charge in [0.15, 0.2) is 0 Å². The maximum absolute atomic E-state index is 4.87. The van der Waals surface area contributed by atoms with Crippen LogP contribution in [0.1, 0.15) is 51.3 Å². The van der Waals surface area contributed by atoms with Gasteiger partial charge in [-0.3, -0.25) is 0 Å². The Kier molecular flexibility index (Phi) is 3.34. The van der Waals surface area contributed by atoms with Crippen molar-refractivity contribution in [3.05, 3.63) is 30.1 Å². The van der Waals surface area contributed by atoms with Crippen molar-refractivity contribution in [1.82, 2.24) is 9.55 Å². The van der Waals surface area contributed by atoms with E-state index in [1.165, 1.54) is 37.0 Å². The van der Waals surface area contributed by atoms with Crippen LogP contribution >= 0.6 is 0 Å². The van der Waals surface area contributed by atoms with Gasteiger partial charge in [-0.15, -0.1) is 0 Å². The number of fused-ring (bicyclic) bond motifs is 1. The van der Waals surface area contributed by atoms with Crippen LogP contribution < -0.4 is 0 Å². The van der Waals surface area contributed by atoms with Crippen molar-refractivity contribution < 1.29 is 0 Å². The van der Waals surface area contributed by atoms with Crippen LogP contribution in [0.4, 0.5) is 0 Å². The molecule has 1 heterocycles. The number of aryl methyl sites for hydroxylation is 1. The number of nitrogens with zero attached hydrogens (tertiary/aromatic N) is 2. The smallest absolute Gasteiger partial charge is 0.112 e. The minimum absolute atomic E-state index is 0.660. The number of para-hydroxylation sites is 2. The average Bonchev–Trinajstić information content (AvgIpc) is 2.77. The van der Waals surface area contributed by atoms with E-state index in [0.29, 0.717) is 5.92 Å². The number of hydrogen-bond donors (Lipinski definition) is 0. The summed E-state index contributed by atoms with van der Waals surface area (Å²) in [6.45, 7) is 4.72. The highest BCUT2D eigenvalue weighted by molar-refractivity contribution is 5.75. The van der Waals surface area contributed by atoms with Gasteiger partial charge in [-0.05, 0) is 49.7 Å². The summed E-state index contributed by atoms with van der Waals surface area (Å²) in [5.41, 5.74) is 2.41. The zero-order valence-corrected chi connectivity index (χ0v) is 12.3. The maximum atomic E-state index is 4.87. The highest BCUT2D eigenvalue weighted by atomic mass is 15.1. The first kappa shape index (κ1) is 12.7. The number of aromatic nitrogens is 2. The normalized spacial score (nSPS) is 24.2. The van der Waals surface area contributed by atoms with Gasteiger partial charge in [0.1, 0.15) is 5.82 Å². The van der Waals surface area contributed by atoms with Crippen molar-refractivity contribution in [2.45, 2.75) is 45.4 Å². The molecule has 0 N–H and O–H groups in total.